The molecule has 4 nitrogen and oxygen atoms in total. The molecule has 1 amide bonds. The molecule has 0 saturated heterocycles. The van der Waals surface area contributed by atoms with Gasteiger partial charge in [0.25, 0.3) is 5.91 Å². The Bertz CT molecular complexity index is 581. The fourth-order valence-corrected chi connectivity index (χ4v) is 1.90. The Morgan fingerprint density at radius 3 is 2.65 bits per heavy atom. The fourth-order valence-electron chi connectivity index (χ4n) is 1.90. The lowest BCUT2D eigenvalue weighted by molar-refractivity contribution is 0.0796. The standard InChI is InChI=1S/C15H16FN3O/c1-19(7-4-11-2-5-18-6-3-11)15(20)12-8-13(16)10-14(17)9-12/h2-3,5-6,8-10H,4,7,17H2,1H3. The van der Waals surface area contributed by atoms with E-state index in [0.29, 0.717) is 6.54 Å². The van der Waals surface area contributed by atoms with Gasteiger partial charge in [-0.15, -0.1) is 0 Å². The summed E-state index contributed by atoms with van der Waals surface area (Å²) in [7, 11) is 1.69. The van der Waals surface area contributed by atoms with Crippen LogP contribution in [0.1, 0.15) is 15.9 Å². The van der Waals surface area contributed by atoms with Crippen LogP contribution in [-0.4, -0.2) is 29.4 Å². The molecule has 0 aliphatic rings. The number of benzene rings is 1. The van der Waals surface area contributed by atoms with Gasteiger partial charge >= 0.3 is 0 Å². The number of carbonyl (C=O) groups excluding carboxylic acids is 1. The van der Waals surface area contributed by atoms with Crippen LogP contribution in [0.15, 0.2) is 42.7 Å². The van der Waals surface area contributed by atoms with E-state index in [1.54, 1.807) is 24.3 Å². The summed E-state index contributed by atoms with van der Waals surface area (Å²) in [5.41, 5.74) is 7.15. The van der Waals surface area contributed by atoms with Gasteiger partial charge in [0.05, 0.1) is 0 Å². The number of halogens is 1. The van der Waals surface area contributed by atoms with E-state index < -0.39 is 5.82 Å². The third-order valence-electron chi connectivity index (χ3n) is 3.00. The molecule has 0 spiro atoms. The Kier molecular flexibility index (Phi) is 4.30. The summed E-state index contributed by atoms with van der Waals surface area (Å²) in [5.74, 6) is -0.749. The lowest BCUT2D eigenvalue weighted by Gasteiger charge is -2.17. The van der Waals surface area contributed by atoms with Crippen LogP contribution in [-0.2, 0) is 6.42 Å². The topological polar surface area (TPSA) is 59.2 Å². The van der Waals surface area contributed by atoms with E-state index in [-0.39, 0.29) is 17.2 Å². The molecule has 1 aromatic carbocycles. The van der Waals surface area contributed by atoms with Crippen molar-refractivity contribution in [3.63, 3.8) is 0 Å². The summed E-state index contributed by atoms with van der Waals surface area (Å²) in [5, 5.41) is 0. The second-order valence-corrected chi connectivity index (χ2v) is 4.61. The molecular weight excluding hydrogens is 257 g/mol. The zero-order valence-corrected chi connectivity index (χ0v) is 11.2. The van der Waals surface area contributed by atoms with E-state index in [4.69, 9.17) is 5.73 Å². The van der Waals surface area contributed by atoms with Crippen LogP contribution in [0.4, 0.5) is 10.1 Å². The number of carbonyl (C=O) groups is 1. The number of nitrogens with zero attached hydrogens (tertiary/aromatic N) is 2. The molecule has 2 N–H and O–H groups in total. The van der Waals surface area contributed by atoms with Gasteiger partial charge < -0.3 is 10.6 Å². The van der Waals surface area contributed by atoms with Crippen molar-refractivity contribution in [2.24, 2.45) is 0 Å². The number of nitrogen functional groups attached to an aromatic ring is 1. The quantitative estimate of drug-likeness (QED) is 0.868. The first-order valence-corrected chi connectivity index (χ1v) is 6.26. The van der Waals surface area contributed by atoms with E-state index in [1.807, 2.05) is 12.1 Å². The van der Waals surface area contributed by atoms with Gasteiger partial charge in [-0.05, 0) is 42.3 Å². The molecule has 2 aromatic rings. The minimum absolute atomic E-state index is 0.245. The monoisotopic (exact) mass is 273 g/mol. The highest BCUT2D eigenvalue weighted by Crippen LogP contribution is 2.13. The third-order valence-corrected chi connectivity index (χ3v) is 3.00. The van der Waals surface area contributed by atoms with E-state index in [2.05, 4.69) is 4.98 Å². The summed E-state index contributed by atoms with van der Waals surface area (Å²) < 4.78 is 13.2. The van der Waals surface area contributed by atoms with Crippen molar-refractivity contribution in [1.29, 1.82) is 0 Å². The number of anilines is 1. The van der Waals surface area contributed by atoms with Crippen molar-refractivity contribution in [3.05, 3.63) is 59.7 Å². The average Bonchev–Trinajstić information content (AvgIpc) is 2.44. The molecule has 0 saturated carbocycles. The van der Waals surface area contributed by atoms with Crippen LogP contribution in [0.5, 0.6) is 0 Å². The lowest BCUT2D eigenvalue weighted by atomic mass is 10.1. The van der Waals surface area contributed by atoms with E-state index in [9.17, 15) is 9.18 Å². The number of rotatable bonds is 4. The van der Waals surface area contributed by atoms with Crippen molar-refractivity contribution < 1.29 is 9.18 Å². The normalized spacial score (nSPS) is 10.3. The molecule has 0 aliphatic heterocycles. The van der Waals surface area contributed by atoms with Gasteiger partial charge in [-0.2, -0.15) is 0 Å². The SMILES string of the molecule is CN(CCc1ccncc1)C(=O)c1cc(N)cc(F)c1. The zero-order valence-electron chi connectivity index (χ0n) is 11.2. The Morgan fingerprint density at radius 1 is 1.30 bits per heavy atom. The van der Waals surface area contributed by atoms with E-state index >= 15 is 0 Å². The number of hydrogen-bond acceptors (Lipinski definition) is 3. The number of pyridine rings is 1. The Hall–Kier alpha value is -2.43. The highest BCUT2D eigenvalue weighted by molar-refractivity contribution is 5.94. The highest BCUT2D eigenvalue weighted by Gasteiger charge is 2.13. The van der Waals surface area contributed by atoms with Gasteiger partial charge in [0.1, 0.15) is 5.82 Å². The second-order valence-electron chi connectivity index (χ2n) is 4.61. The van der Waals surface area contributed by atoms with Gasteiger partial charge in [-0.3, -0.25) is 9.78 Å². The maximum absolute atomic E-state index is 13.2. The molecule has 1 aromatic heterocycles. The molecule has 2 rings (SSSR count). The van der Waals surface area contributed by atoms with Crippen LogP contribution in [0.2, 0.25) is 0 Å². The number of amides is 1. The minimum atomic E-state index is -0.504. The summed E-state index contributed by atoms with van der Waals surface area (Å²) in [4.78, 5) is 17.7. The van der Waals surface area contributed by atoms with Gasteiger partial charge in [-0.25, -0.2) is 4.39 Å². The molecule has 20 heavy (non-hydrogen) atoms. The first-order chi connectivity index (χ1) is 9.56. The maximum Gasteiger partial charge on any atom is 0.253 e. The van der Waals surface area contributed by atoms with Crippen molar-refractivity contribution in [3.8, 4) is 0 Å². The summed E-state index contributed by atoms with van der Waals surface area (Å²) in [6.07, 6.45) is 4.14. The Balaban J connectivity index is 2.01. The molecule has 0 unspecified atom stereocenters. The lowest BCUT2D eigenvalue weighted by Crippen LogP contribution is -2.29. The van der Waals surface area contributed by atoms with E-state index in [0.717, 1.165) is 12.0 Å². The first-order valence-electron chi connectivity index (χ1n) is 6.26. The Labute approximate surface area is 117 Å². The third kappa shape index (κ3) is 3.54. The largest absolute Gasteiger partial charge is 0.399 e. The van der Waals surface area contributed by atoms with Crippen LogP contribution < -0.4 is 5.73 Å². The molecule has 0 aliphatic carbocycles. The van der Waals surface area contributed by atoms with E-state index in [1.165, 1.54) is 18.2 Å². The number of hydrogen-bond donors (Lipinski definition) is 1. The van der Waals surface area contributed by atoms with Gasteiger partial charge in [0, 0.05) is 37.2 Å². The van der Waals surface area contributed by atoms with Gasteiger partial charge in [0.15, 0.2) is 0 Å². The van der Waals surface area contributed by atoms with Crippen molar-refractivity contribution >= 4 is 11.6 Å². The predicted molar refractivity (Wildman–Crippen MR) is 75.7 cm³/mol. The second kappa shape index (κ2) is 6.14. The smallest absolute Gasteiger partial charge is 0.253 e. The molecule has 0 fully saturated rings. The predicted octanol–water partition coefficient (Wildman–Crippen LogP) is 2.12. The van der Waals surface area contributed by atoms with Gasteiger partial charge in [-0.1, -0.05) is 0 Å². The van der Waals surface area contributed by atoms with Crippen LogP contribution in [0.3, 0.4) is 0 Å². The van der Waals surface area contributed by atoms with Crippen molar-refractivity contribution in [2.45, 2.75) is 6.42 Å². The maximum atomic E-state index is 13.2. The molecule has 0 atom stereocenters. The van der Waals surface area contributed by atoms with Crippen LogP contribution >= 0.6 is 0 Å². The molecular formula is C15H16FN3O. The molecule has 0 bridgehead atoms. The van der Waals surface area contributed by atoms with Crippen LogP contribution in [0.25, 0.3) is 0 Å². The molecule has 5 heteroatoms. The average molecular weight is 273 g/mol. The zero-order chi connectivity index (χ0) is 14.5. The number of likely N-dealkylation sites (N-methyl/N-ethyl adjacent to an activating group) is 1. The summed E-state index contributed by atoms with van der Waals surface area (Å²) in [6, 6.07) is 7.67. The van der Waals surface area contributed by atoms with Crippen molar-refractivity contribution in [1.82, 2.24) is 9.88 Å². The molecule has 104 valence electrons. The highest BCUT2D eigenvalue weighted by atomic mass is 19.1. The van der Waals surface area contributed by atoms with Gasteiger partial charge in [0.2, 0.25) is 0 Å². The fraction of sp³-hybridized carbons (Fsp3) is 0.200. The number of nitrogens with two attached hydrogens (primary N) is 1. The molecule has 0 radical (unpaired) electrons. The summed E-state index contributed by atoms with van der Waals surface area (Å²) in [6.45, 7) is 0.541. The summed E-state index contributed by atoms with van der Waals surface area (Å²) >= 11 is 0. The first kappa shape index (κ1) is 14.0. The Morgan fingerprint density at radius 2 is 2.00 bits per heavy atom. The number of aromatic nitrogens is 1. The molecule has 1 heterocycles. The van der Waals surface area contributed by atoms with Crippen molar-refractivity contribution in [2.75, 3.05) is 19.3 Å². The van der Waals surface area contributed by atoms with Crippen LogP contribution in [0, 0.1) is 5.82 Å². The minimum Gasteiger partial charge on any atom is -0.399 e.